The molecule has 2 aromatic heterocycles. The van der Waals surface area contributed by atoms with Crippen LogP contribution in [-0.4, -0.2) is 78.6 Å². The van der Waals surface area contributed by atoms with Gasteiger partial charge >= 0.3 is 0 Å². The molecule has 12 nitrogen and oxygen atoms in total. The van der Waals surface area contributed by atoms with Gasteiger partial charge in [0.25, 0.3) is 0 Å². The van der Waals surface area contributed by atoms with Crippen molar-refractivity contribution in [3.8, 4) is 45.4 Å². The maximum absolute atomic E-state index is 11.5. The van der Waals surface area contributed by atoms with Gasteiger partial charge in [-0.3, -0.25) is 14.8 Å². The van der Waals surface area contributed by atoms with Crippen molar-refractivity contribution in [3.63, 3.8) is 0 Å². The Morgan fingerprint density at radius 2 is 1.38 bits per heavy atom. The van der Waals surface area contributed by atoms with E-state index in [0.29, 0.717) is 92.9 Å². The fourth-order valence-electron chi connectivity index (χ4n) is 5.62. The van der Waals surface area contributed by atoms with Gasteiger partial charge in [-0.25, -0.2) is 18.4 Å². The normalized spacial score (nSPS) is 17.3. The highest BCUT2D eigenvalue weighted by Gasteiger charge is 2.33. The summed E-state index contributed by atoms with van der Waals surface area (Å²) in [5.74, 6) is 0.980. The second-order valence-corrected chi connectivity index (χ2v) is 14.3. The highest BCUT2D eigenvalue weighted by atomic mass is 35.5. The second kappa shape index (κ2) is 14.1. The van der Waals surface area contributed by atoms with Crippen LogP contribution in [0.4, 0.5) is 0 Å². The fraction of sp³-hybridized carbons (Fsp3) is 0.344. The van der Waals surface area contributed by atoms with E-state index < -0.39 is 9.84 Å². The summed E-state index contributed by atoms with van der Waals surface area (Å²) in [6.45, 7) is 1.37. The third-order valence-corrected chi connectivity index (χ3v) is 10.7. The van der Waals surface area contributed by atoms with Gasteiger partial charge in [0.15, 0.2) is 9.84 Å². The van der Waals surface area contributed by atoms with Crippen LogP contribution in [0.1, 0.15) is 24.2 Å². The monoisotopic (exact) mass is 697 g/mol. The summed E-state index contributed by atoms with van der Waals surface area (Å²) in [5.41, 5.74) is 4.91. The lowest BCUT2D eigenvalue weighted by Gasteiger charge is -2.26. The van der Waals surface area contributed by atoms with Crippen molar-refractivity contribution in [3.05, 3.63) is 70.2 Å². The Morgan fingerprint density at radius 3 is 1.87 bits per heavy atom. The Labute approximate surface area is 282 Å². The number of hydrogen-bond donors (Lipinski definition) is 3. The van der Waals surface area contributed by atoms with E-state index in [9.17, 15) is 13.2 Å². The summed E-state index contributed by atoms with van der Waals surface area (Å²) in [4.78, 5) is 30.0. The average Bonchev–Trinajstić information content (AvgIpc) is 3.47. The number of halogens is 2. The maximum atomic E-state index is 11.5. The molecule has 2 aliphatic heterocycles. The van der Waals surface area contributed by atoms with Crippen LogP contribution in [0.5, 0.6) is 11.8 Å². The minimum absolute atomic E-state index is 0.0737. The largest absolute Gasteiger partial charge is 0.480 e. The molecule has 2 aliphatic rings. The fourth-order valence-corrected chi connectivity index (χ4v) is 7.63. The molecule has 3 N–H and O–H groups in total. The number of ether oxygens (including phenoxy) is 2. The van der Waals surface area contributed by atoms with E-state index in [4.69, 9.17) is 37.7 Å². The lowest BCUT2D eigenvalue weighted by atomic mass is 9.98. The van der Waals surface area contributed by atoms with Crippen LogP contribution in [0, 0.1) is 0 Å². The predicted octanol–water partition coefficient (Wildman–Crippen LogP) is 3.85. The van der Waals surface area contributed by atoms with Crippen LogP contribution in [0.3, 0.4) is 0 Å². The molecule has 0 spiro atoms. The number of aromatic nitrogens is 4. The molecule has 47 heavy (non-hydrogen) atoms. The number of carbonyl (C=O) groups excluding carboxylic acids is 1. The predicted molar refractivity (Wildman–Crippen MR) is 179 cm³/mol. The molecule has 2 aromatic carbocycles. The first kappa shape index (κ1) is 33.0. The van der Waals surface area contributed by atoms with E-state index in [1.165, 1.54) is 7.11 Å². The number of methoxy groups -OCH3 is 2. The Kier molecular flexibility index (Phi) is 9.90. The quantitative estimate of drug-likeness (QED) is 0.198. The van der Waals surface area contributed by atoms with Gasteiger partial charge in [0.1, 0.15) is 11.4 Å². The lowest BCUT2D eigenvalue weighted by molar-refractivity contribution is -0.119. The molecular weight excluding hydrogens is 665 g/mol. The van der Waals surface area contributed by atoms with Gasteiger partial charge in [-0.2, -0.15) is 0 Å². The molecule has 0 unspecified atom stereocenters. The number of amides is 1. The van der Waals surface area contributed by atoms with E-state index in [-0.39, 0.29) is 29.5 Å². The van der Waals surface area contributed by atoms with Crippen molar-refractivity contribution in [1.82, 2.24) is 35.9 Å². The van der Waals surface area contributed by atoms with Gasteiger partial charge < -0.3 is 25.4 Å². The van der Waals surface area contributed by atoms with Crippen LogP contribution in [0.2, 0.25) is 10.0 Å². The number of rotatable bonds is 12. The molecule has 1 amide bonds. The van der Waals surface area contributed by atoms with E-state index >= 15 is 0 Å². The highest BCUT2D eigenvalue weighted by Crippen LogP contribution is 2.42. The lowest BCUT2D eigenvalue weighted by Crippen LogP contribution is -2.50. The molecule has 1 atom stereocenters. The Balaban J connectivity index is 1.22. The number of nitrogens with zero attached hydrogens (tertiary/aromatic N) is 4. The molecule has 0 saturated carbocycles. The zero-order valence-electron chi connectivity index (χ0n) is 25.7. The molecule has 4 heterocycles. The first-order valence-electron chi connectivity index (χ1n) is 15.0. The summed E-state index contributed by atoms with van der Waals surface area (Å²) in [6, 6.07) is 11.2. The van der Waals surface area contributed by atoms with Gasteiger partial charge in [0.2, 0.25) is 17.7 Å². The zero-order valence-corrected chi connectivity index (χ0v) is 28.0. The Bertz CT molecular complexity index is 1920. The summed E-state index contributed by atoms with van der Waals surface area (Å²) >= 11 is 14.0. The number of carbonyl (C=O) groups is 1. The average molecular weight is 699 g/mol. The molecule has 0 aliphatic carbocycles. The van der Waals surface area contributed by atoms with Crippen LogP contribution in [0.15, 0.2) is 48.8 Å². The summed E-state index contributed by atoms with van der Waals surface area (Å²) < 4.78 is 34.0. The van der Waals surface area contributed by atoms with Crippen molar-refractivity contribution < 1.29 is 22.7 Å². The molecule has 15 heteroatoms. The van der Waals surface area contributed by atoms with Crippen molar-refractivity contribution in [2.45, 2.75) is 38.0 Å². The van der Waals surface area contributed by atoms with E-state index in [2.05, 4.69) is 30.9 Å². The number of benzene rings is 2. The van der Waals surface area contributed by atoms with Crippen LogP contribution in [-0.2, 0) is 27.7 Å². The second-order valence-electron chi connectivity index (χ2n) is 11.3. The summed E-state index contributed by atoms with van der Waals surface area (Å²) in [5, 5.41) is 10.3. The molecular formula is C32H33Cl2N7O5S. The maximum Gasteiger partial charge on any atom is 0.237 e. The zero-order chi connectivity index (χ0) is 33.1. The van der Waals surface area contributed by atoms with E-state index in [1.54, 1.807) is 19.5 Å². The van der Waals surface area contributed by atoms with Crippen LogP contribution in [0.25, 0.3) is 33.6 Å². The number of sulfone groups is 1. The van der Waals surface area contributed by atoms with Crippen LogP contribution < -0.4 is 25.4 Å². The smallest absolute Gasteiger partial charge is 0.237 e. The van der Waals surface area contributed by atoms with E-state index in [1.807, 2.05) is 36.4 Å². The topological polar surface area (TPSA) is 157 Å². The van der Waals surface area contributed by atoms with Crippen molar-refractivity contribution >= 4 is 38.9 Å². The first-order valence-corrected chi connectivity index (χ1v) is 17.5. The van der Waals surface area contributed by atoms with Crippen molar-refractivity contribution in [2.75, 3.05) is 32.3 Å². The van der Waals surface area contributed by atoms with Crippen molar-refractivity contribution in [2.24, 2.45) is 0 Å². The molecule has 2 saturated heterocycles. The van der Waals surface area contributed by atoms with Gasteiger partial charge in [-0.1, -0.05) is 59.6 Å². The third kappa shape index (κ3) is 7.34. The molecule has 2 fully saturated rings. The van der Waals surface area contributed by atoms with Crippen LogP contribution >= 0.6 is 23.2 Å². The molecule has 4 aromatic rings. The van der Waals surface area contributed by atoms with Gasteiger partial charge in [0.05, 0.1) is 59.6 Å². The number of hydrogen-bond acceptors (Lipinski definition) is 11. The molecule has 0 radical (unpaired) electrons. The Hall–Kier alpha value is -3.88. The SMILES string of the molecule is COc1nc(-c2cccc(-c3cccc(-c4cnc(CNC5CS(=O)(=O)C5)c(OC)n4)c3Cl)c2Cl)cnc1CNC[C@@H]1CCC(=O)N1. The third-order valence-electron chi connectivity index (χ3n) is 8.09. The van der Waals surface area contributed by atoms with Crippen molar-refractivity contribution in [1.29, 1.82) is 0 Å². The minimum Gasteiger partial charge on any atom is -0.480 e. The Morgan fingerprint density at radius 1 is 0.851 bits per heavy atom. The number of nitrogens with one attached hydrogen (secondary N) is 3. The molecule has 0 bridgehead atoms. The van der Waals surface area contributed by atoms with E-state index in [0.717, 1.165) is 6.42 Å². The first-order chi connectivity index (χ1) is 22.7. The van der Waals surface area contributed by atoms with Gasteiger partial charge in [0, 0.05) is 60.4 Å². The van der Waals surface area contributed by atoms with Gasteiger partial charge in [-0.05, 0) is 6.42 Å². The standard InChI is InChI=1S/C32H33Cl2N7O5S/c1-45-31-26(12-35-11-18-9-10-28(42)39-18)37-13-24(40-31)22-7-3-5-20(29(22)33)21-6-4-8-23(30(21)34)25-14-38-27(32(41-25)46-2)15-36-19-16-47(43,44)17-19/h3-8,13-14,18-19,35-36H,9-12,15-17H2,1-2H3,(H,39,42)/t18-/m0/s1. The van der Waals surface area contributed by atoms with Gasteiger partial charge in [-0.15, -0.1) is 0 Å². The molecule has 6 rings (SSSR count). The highest BCUT2D eigenvalue weighted by molar-refractivity contribution is 7.92. The molecule has 246 valence electrons. The summed E-state index contributed by atoms with van der Waals surface area (Å²) in [6.07, 6.45) is 4.62. The minimum atomic E-state index is -2.94. The summed E-state index contributed by atoms with van der Waals surface area (Å²) in [7, 11) is 0.111.